The van der Waals surface area contributed by atoms with Crippen molar-refractivity contribution < 1.29 is 4.42 Å². The quantitative estimate of drug-likeness (QED) is 0.166. The first-order valence-corrected chi connectivity index (χ1v) is 21.3. The van der Waals surface area contributed by atoms with Gasteiger partial charge in [-0.2, -0.15) is 0 Å². The van der Waals surface area contributed by atoms with E-state index >= 15 is 0 Å². The molecule has 2 nitrogen and oxygen atoms in total. The fourth-order valence-electron chi connectivity index (χ4n) is 9.58. The second-order valence-electron chi connectivity index (χ2n) is 15.8. The van der Waals surface area contributed by atoms with Crippen molar-refractivity contribution in [2.24, 2.45) is 0 Å². The van der Waals surface area contributed by atoms with Crippen LogP contribution >= 0.6 is 11.3 Å². The highest BCUT2D eigenvalue weighted by Gasteiger charge is 2.19. The summed E-state index contributed by atoms with van der Waals surface area (Å²) in [5.41, 5.74) is 12.0. The molecule has 0 N–H and O–H groups in total. The van der Waals surface area contributed by atoms with Crippen LogP contribution in [0.25, 0.3) is 130 Å². The van der Waals surface area contributed by atoms with E-state index in [1.165, 1.54) is 80.1 Å². The molecule has 13 aromatic rings. The van der Waals surface area contributed by atoms with Crippen molar-refractivity contribution in [1.82, 2.24) is 4.98 Å². The summed E-state index contributed by atoms with van der Waals surface area (Å²) in [4.78, 5) is 5.38. The molecular weight excluding hydrogens is 747 g/mol. The number of fused-ring (bicyclic) bond motifs is 13. The molecular formula is C57H33NOS. The third-order valence-corrected chi connectivity index (χ3v) is 13.7. The normalized spacial score (nSPS) is 12.0. The molecule has 3 heteroatoms. The molecule has 13 rings (SSSR count). The van der Waals surface area contributed by atoms with Crippen molar-refractivity contribution in [3.05, 3.63) is 200 Å². The van der Waals surface area contributed by atoms with Crippen LogP contribution in [-0.2, 0) is 0 Å². The van der Waals surface area contributed by atoms with Gasteiger partial charge in [0, 0.05) is 58.2 Å². The molecule has 0 saturated heterocycles. The van der Waals surface area contributed by atoms with Crippen LogP contribution in [0.5, 0.6) is 0 Å². The Morgan fingerprint density at radius 2 is 0.983 bits per heavy atom. The van der Waals surface area contributed by atoms with E-state index < -0.39 is 0 Å². The monoisotopic (exact) mass is 779 g/mol. The van der Waals surface area contributed by atoms with Gasteiger partial charge in [0.15, 0.2) is 0 Å². The number of pyridine rings is 1. The van der Waals surface area contributed by atoms with Gasteiger partial charge < -0.3 is 4.42 Å². The maximum Gasteiger partial charge on any atom is 0.143 e. The average molecular weight is 780 g/mol. The van der Waals surface area contributed by atoms with E-state index in [0.29, 0.717) is 0 Å². The first-order chi connectivity index (χ1) is 29.7. The van der Waals surface area contributed by atoms with Crippen LogP contribution in [0.4, 0.5) is 0 Å². The Kier molecular flexibility index (Phi) is 7.21. The van der Waals surface area contributed by atoms with Crippen molar-refractivity contribution in [2.75, 3.05) is 0 Å². The van der Waals surface area contributed by atoms with Crippen molar-refractivity contribution in [1.29, 1.82) is 0 Å². The third-order valence-electron chi connectivity index (χ3n) is 12.4. The molecule has 10 aromatic carbocycles. The molecule has 0 aliphatic carbocycles. The van der Waals surface area contributed by atoms with Gasteiger partial charge >= 0.3 is 0 Å². The lowest BCUT2D eigenvalue weighted by molar-refractivity contribution is 0.670. The molecule has 0 aliphatic heterocycles. The molecule has 3 heterocycles. The SMILES string of the molecule is c1ccc(-c2ccc3oc4c(-c5cccc(-c6cccc7c6sc6c7ccc7c(-c8ccc9ccc%10ccccc%10c9c8)nc8ccccc8c76)c5)cccc4c3c2)cc1. The summed E-state index contributed by atoms with van der Waals surface area (Å²) >= 11 is 1.90. The van der Waals surface area contributed by atoms with Gasteiger partial charge in [0.05, 0.1) is 11.2 Å². The molecule has 0 aliphatic rings. The summed E-state index contributed by atoms with van der Waals surface area (Å²) in [6.45, 7) is 0. The van der Waals surface area contributed by atoms with E-state index in [4.69, 9.17) is 9.40 Å². The Morgan fingerprint density at radius 3 is 1.88 bits per heavy atom. The molecule has 0 bridgehead atoms. The van der Waals surface area contributed by atoms with Gasteiger partial charge in [0.2, 0.25) is 0 Å². The number of benzene rings is 10. The molecule has 3 aromatic heterocycles. The maximum absolute atomic E-state index is 6.64. The van der Waals surface area contributed by atoms with Crippen LogP contribution in [0.1, 0.15) is 0 Å². The Bertz CT molecular complexity index is 3890. The molecule has 0 atom stereocenters. The number of para-hydroxylation sites is 2. The van der Waals surface area contributed by atoms with Crippen molar-refractivity contribution in [3.8, 4) is 44.6 Å². The Balaban J connectivity index is 0.983. The van der Waals surface area contributed by atoms with E-state index in [1.54, 1.807) is 0 Å². The number of thiophene rings is 1. The fraction of sp³-hybridized carbons (Fsp3) is 0. The molecule has 0 radical (unpaired) electrons. The lowest BCUT2D eigenvalue weighted by Gasteiger charge is -2.12. The first-order valence-electron chi connectivity index (χ1n) is 20.4. The molecule has 0 unspecified atom stereocenters. The average Bonchev–Trinajstić information content (AvgIpc) is 3.90. The van der Waals surface area contributed by atoms with E-state index in [9.17, 15) is 0 Å². The van der Waals surface area contributed by atoms with E-state index in [-0.39, 0.29) is 0 Å². The largest absolute Gasteiger partial charge is 0.455 e. The summed E-state index contributed by atoms with van der Waals surface area (Å²) in [6, 6.07) is 72.5. The van der Waals surface area contributed by atoms with Crippen LogP contribution in [-0.4, -0.2) is 4.98 Å². The number of rotatable bonds is 4. The molecule has 278 valence electrons. The predicted molar refractivity (Wildman–Crippen MR) is 256 cm³/mol. The second kappa shape index (κ2) is 13.0. The van der Waals surface area contributed by atoms with E-state index in [2.05, 4.69) is 200 Å². The standard InChI is InChI=1S/C57H33NOS/c1-2-11-34(12-3-1)37-27-30-52-50(32-37)44-20-9-18-42(55(44)59-52)38-14-8-15-39(31-38)43-19-10-21-45-46-28-29-48-53(57(46)60-56(43)45)47-17-6-7-22-51(47)58-54(48)40-26-25-36-24-23-35-13-4-5-16-41(35)49(36)33-40/h1-33H. The predicted octanol–water partition coefficient (Wildman–Crippen LogP) is 16.6. The lowest BCUT2D eigenvalue weighted by atomic mass is 9.94. The third kappa shape index (κ3) is 5.03. The van der Waals surface area contributed by atoms with Crippen LogP contribution in [0.15, 0.2) is 205 Å². The van der Waals surface area contributed by atoms with Crippen LogP contribution < -0.4 is 0 Å². The lowest BCUT2D eigenvalue weighted by Crippen LogP contribution is -1.90. The summed E-state index contributed by atoms with van der Waals surface area (Å²) in [6.07, 6.45) is 0. The first kappa shape index (κ1) is 33.4. The van der Waals surface area contributed by atoms with Gasteiger partial charge in [-0.3, -0.25) is 0 Å². The highest BCUT2D eigenvalue weighted by atomic mass is 32.1. The summed E-state index contributed by atoms with van der Waals surface area (Å²) < 4.78 is 9.21. The van der Waals surface area contributed by atoms with Crippen molar-refractivity contribution in [3.63, 3.8) is 0 Å². The van der Waals surface area contributed by atoms with Crippen molar-refractivity contribution >= 4 is 96.7 Å². The zero-order valence-corrected chi connectivity index (χ0v) is 33.1. The summed E-state index contributed by atoms with van der Waals surface area (Å²) in [5, 5.41) is 13.4. The number of nitrogens with zero attached hydrogens (tertiary/aromatic N) is 1. The zero-order chi connectivity index (χ0) is 39.3. The maximum atomic E-state index is 6.64. The van der Waals surface area contributed by atoms with Gasteiger partial charge in [0.25, 0.3) is 0 Å². The topological polar surface area (TPSA) is 26.0 Å². The smallest absolute Gasteiger partial charge is 0.143 e. The van der Waals surface area contributed by atoms with Gasteiger partial charge in [0.1, 0.15) is 11.2 Å². The summed E-state index contributed by atoms with van der Waals surface area (Å²) in [5.74, 6) is 0. The van der Waals surface area contributed by atoms with Crippen LogP contribution in [0.3, 0.4) is 0 Å². The van der Waals surface area contributed by atoms with Crippen molar-refractivity contribution in [2.45, 2.75) is 0 Å². The van der Waals surface area contributed by atoms with Gasteiger partial charge in [-0.1, -0.05) is 170 Å². The highest BCUT2D eigenvalue weighted by molar-refractivity contribution is 7.27. The zero-order valence-electron chi connectivity index (χ0n) is 32.3. The number of hydrogen-bond donors (Lipinski definition) is 0. The number of hydrogen-bond acceptors (Lipinski definition) is 3. The van der Waals surface area contributed by atoms with E-state index in [0.717, 1.165) is 49.8 Å². The Morgan fingerprint density at radius 1 is 0.350 bits per heavy atom. The van der Waals surface area contributed by atoms with Gasteiger partial charge in [-0.25, -0.2) is 4.98 Å². The summed E-state index contributed by atoms with van der Waals surface area (Å²) in [7, 11) is 0. The number of furan rings is 1. The van der Waals surface area contributed by atoms with E-state index in [1.807, 2.05) is 11.3 Å². The molecule has 60 heavy (non-hydrogen) atoms. The molecule has 0 fully saturated rings. The van der Waals surface area contributed by atoms with Crippen LogP contribution in [0, 0.1) is 0 Å². The minimum Gasteiger partial charge on any atom is -0.455 e. The fourth-order valence-corrected chi connectivity index (χ4v) is 11.0. The Hall–Kier alpha value is -7.59. The molecule has 0 spiro atoms. The highest BCUT2D eigenvalue weighted by Crippen LogP contribution is 2.47. The number of aromatic nitrogens is 1. The second-order valence-corrected chi connectivity index (χ2v) is 16.8. The van der Waals surface area contributed by atoms with Crippen LogP contribution in [0.2, 0.25) is 0 Å². The molecule has 0 amide bonds. The minimum absolute atomic E-state index is 0.899. The van der Waals surface area contributed by atoms with Gasteiger partial charge in [-0.15, -0.1) is 11.3 Å². The Labute approximate surface area is 349 Å². The van der Waals surface area contributed by atoms with Gasteiger partial charge in [-0.05, 0) is 79.7 Å². The minimum atomic E-state index is 0.899. The molecule has 0 saturated carbocycles.